The Morgan fingerprint density at radius 1 is 1.29 bits per heavy atom. The van der Waals surface area contributed by atoms with Crippen LogP contribution in [0.25, 0.3) is 0 Å². The molecule has 0 aliphatic heterocycles. The van der Waals surface area contributed by atoms with E-state index < -0.39 is 0 Å². The predicted octanol–water partition coefficient (Wildman–Crippen LogP) is 4.81. The Labute approximate surface area is 89.8 Å². The molecule has 0 N–H and O–H groups in total. The van der Waals surface area contributed by atoms with E-state index in [2.05, 4.69) is 47.6 Å². The average molecular weight is 194 g/mol. The lowest BCUT2D eigenvalue weighted by atomic mass is 9.55. The van der Waals surface area contributed by atoms with Gasteiger partial charge < -0.3 is 0 Å². The first-order valence-electron chi connectivity index (χ1n) is 5.95. The number of hydrogen-bond acceptors (Lipinski definition) is 0. The summed E-state index contributed by atoms with van der Waals surface area (Å²) in [4.78, 5) is 0. The minimum Gasteiger partial charge on any atom is -0.0850 e. The Bertz CT molecular complexity index is 227. The molecule has 0 amide bonds. The van der Waals surface area contributed by atoms with Gasteiger partial charge in [-0.1, -0.05) is 46.3 Å². The average Bonchev–Trinajstić information content (AvgIpc) is 2.02. The second kappa shape index (κ2) is 3.72. The molecule has 0 saturated heterocycles. The lowest BCUT2D eigenvalue weighted by molar-refractivity contribution is 0.0188. The van der Waals surface area contributed by atoms with E-state index in [4.69, 9.17) is 0 Å². The summed E-state index contributed by atoms with van der Waals surface area (Å²) in [6.45, 7) is 14.3. The molecule has 0 fully saturated rings. The van der Waals surface area contributed by atoms with Crippen molar-refractivity contribution in [3.05, 3.63) is 11.6 Å². The second-order valence-electron chi connectivity index (χ2n) is 6.32. The minimum atomic E-state index is 0.429. The van der Waals surface area contributed by atoms with Gasteiger partial charge in [0.1, 0.15) is 0 Å². The van der Waals surface area contributed by atoms with Crippen LogP contribution in [0.2, 0.25) is 0 Å². The van der Waals surface area contributed by atoms with E-state index in [-0.39, 0.29) is 0 Å². The molecule has 1 unspecified atom stereocenters. The van der Waals surface area contributed by atoms with Crippen molar-refractivity contribution >= 4 is 0 Å². The van der Waals surface area contributed by atoms with Gasteiger partial charge in [-0.25, -0.2) is 0 Å². The van der Waals surface area contributed by atoms with Gasteiger partial charge in [-0.05, 0) is 42.9 Å². The zero-order valence-electron chi connectivity index (χ0n) is 10.8. The van der Waals surface area contributed by atoms with Crippen molar-refractivity contribution in [2.24, 2.45) is 16.7 Å². The Balaban J connectivity index is 2.97. The van der Waals surface area contributed by atoms with Crippen LogP contribution in [-0.4, -0.2) is 0 Å². The van der Waals surface area contributed by atoms with Gasteiger partial charge in [0.2, 0.25) is 0 Å². The zero-order chi connectivity index (χ0) is 11.0. The maximum Gasteiger partial charge on any atom is -0.0188 e. The molecule has 0 nitrogen and oxygen atoms in total. The standard InChI is InChI=1S/C14H26/c1-11(2)14(13(4,5)6)9-7-12(3)8-10-14/h7,11H,8-10H2,1-6H3. The van der Waals surface area contributed by atoms with Crippen molar-refractivity contribution in [3.63, 3.8) is 0 Å². The fourth-order valence-corrected chi connectivity index (χ4v) is 3.05. The first-order chi connectivity index (χ1) is 6.29. The highest BCUT2D eigenvalue weighted by molar-refractivity contribution is 5.10. The lowest BCUT2D eigenvalue weighted by Crippen LogP contribution is -2.41. The predicted molar refractivity (Wildman–Crippen MR) is 64.3 cm³/mol. The smallest absolute Gasteiger partial charge is 0.0188 e. The van der Waals surface area contributed by atoms with Gasteiger partial charge in [0.05, 0.1) is 0 Å². The van der Waals surface area contributed by atoms with Crippen LogP contribution in [0.3, 0.4) is 0 Å². The first kappa shape index (κ1) is 11.8. The van der Waals surface area contributed by atoms with Crippen LogP contribution in [0, 0.1) is 16.7 Å². The van der Waals surface area contributed by atoms with E-state index in [0.717, 1.165) is 5.92 Å². The van der Waals surface area contributed by atoms with Crippen LogP contribution in [0.4, 0.5) is 0 Å². The van der Waals surface area contributed by atoms with Crippen LogP contribution in [0.15, 0.2) is 11.6 Å². The summed E-state index contributed by atoms with van der Waals surface area (Å²) in [5.74, 6) is 0.784. The quantitative estimate of drug-likeness (QED) is 0.526. The van der Waals surface area contributed by atoms with Gasteiger partial charge in [0.25, 0.3) is 0 Å². The maximum absolute atomic E-state index is 2.47. The largest absolute Gasteiger partial charge is 0.0850 e. The summed E-state index contributed by atoms with van der Waals surface area (Å²) < 4.78 is 0. The molecule has 0 aromatic carbocycles. The van der Waals surface area contributed by atoms with Gasteiger partial charge >= 0.3 is 0 Å². The summed E-state index contributed by atoms with van der Waals surface area (Å²) in [7, 11) is 0. The van der Waals surface area contributed by atoms with E-state index in [1.165, 1.54) is 19.3 Å². The molecule has 0 radical (unpaired) electrons. The molecule has 82 valence electrons. The van der Waals surface area contributed by atoms with Crippen LogP contribution in [0.1, 0.15) is 60.8 Å². The molecule has 0 aromatic rings. The molecular formula is C14H26. The van der Waals surface area contributed by atoms with Crippen LogP contribution in [-0.2, 0) is 0 Å². The zero-order valence-corrected chi connectivity index (χ0v) is 10.8. The van der Waals surface area contributed by atoms with Crippen LogP contribution < -0.4 is 0 Å². The van der Waals surface area contributed by atoms with Gasteiger partial charge in [-0.3, -0.25) is 0 Å². The Morgan fingerprint density at radius 2 is 1.86 bits per heavy atom. The molecule has 1 aliphatic carbocycles. The second-order valence-corrected chi connectivity index (χ2v) is 6.32. The van der Waals surface area contributed by atoms with Gasteiger partial charge in [-0.15, -0.1) is 0 Å². The molecule has 0 aromatic heterocycles. The van der Waals surface area contributed by atoms with Crippen LogP contribution >= 0.6 is 0 Å². The fraction of sp³-hybridized carbons (Fsp3) is 0.857. The molecule has 1 aliphatic rings. The first-order valence-corrected chi connectivity index (χ1v) is 5.95. The highest BCUT2D eigenvalue weighted by Gasteiger charge is 2.44. The van der Waals surface area contributed by atoms with Crippen molar-refractivity contribution < 1.29 is 0 Å². The molecule has 1 atom stereocenters. The summed E-state index contributed by atoms with van der Waals surface area (Å²) >= 11 is 0. The van der Waals surface area contributed by atoms with Gasteiger partial charge in [0.15, 0.2) is 0 Å². The van der Waals surface area contributed by atoms with Crippen molar-refractivity contribution in [2.45, 2.75) is 60.8 Å². The molecule has 0 heterocycles. The van der Waals surface area contributed by atoms with E-state index in [0.29, 0.717) is 10.8 Å². The summed E-state index contributed by atoms with van der Waals surface area (Å²) in [6, 6.07) is 0. The lowest BCUT2D eigenvalue weighted by Gasteiger charge is -2.50. The third-order valence-electron chi connectivity index (χ3n) is 4.38. The van der Waals surface area contributed by atoms with Crippen LogP contribution in [0.5, 0.6) is 0 Å². The molecule has 0 saturated carbocycles. The summed E-state index contributed by atoms with van der Waals surface area (Å²) in [6.07, 6.45) is 6.42. The molecule has 0 bridgehead atoms. The Kier molecular flexibility index (Phi) is 3.13. The number of rotatable bonds is 1. The molecule has 0 heteroatoms. The fourth-order valence-electron chi connectivity index (χ4n) is 3.05. The number of allylic oxidation sites excluding steroid dienone is 2. The van der Waals surface area contributed by atoms with Crippen molar-refractivity contribution in [1.29, 1.82) is 0 Å². The third-order valence-corrected chi connectivity index (χ3v) is 4.38. The maximum atomic E-state index is 2.47. The highest BCUT2D eigenvalue weighted by atomic mass is 14.5. The van der Waals surface area contributed by atoms with Gasteiger partial charge in [-0.2, -0.15) is 0 Å². The van der Waals surface area contributed by atoms with E-state index in [1.807, 2.05) is 0 Å². The normalized spacial score (nSPS) is 29.2. The van der Waals surface area contributed by atoms with E-state index >= 15 is 0 Å². The summed E-state index contributed by atoms with van der Waals surface area (Å²) in [5, 5.41) is 0. The van der Waals surface area contributed by atoms with E-state index in [1.54, 1.807) is 5.57 Å². The van der Waals surface area contributed by atoms with Gasteiger partial charge in [0, 0.05) is 0 Å². The van der Waals surface area contributed by atoms with Crippen molar-refractivity contribution in [3.8, 4) is 0 Å². The summed E-state index contributed by atoms with van der Waals surface area (Å²) in [5.41, 5.74) is 2.54. The Hall–Kier alpha value is -0.260. The molecular weight excluding hydrogens is 168 g/mol. The van der Waals surface area contributed by atoms with Crippen molar-refractivity contribution in [1.82, 2.24) is 0 Å². The Morgan fingerprint density at radius 3 is 2.14 bits per heavy atom. The molecule has 0 spiro atoms. The monoisotopic (exact) mass is 194 g/mol. The van der Waals surface area contributed by atoms with E-state index in [9.17, 15) is 0 Å². The minimum absolute atomic E-state index is 0.429. The molecule has 1 rings (SSSR count). The van der Waals surface area contributed by atoms with Crippen molar-refractivity contribution in [2.75, 3.05) is 0 Å². The highest BCUT2D eigenvalue weighted by Crippen LogP contribution is 2.53. The third kappa shape index (κ3) is 1.89. The SMILES string of the molecule is CC1=CCC(C(C)C)(C(C)(C)C)CC1. The molecule has 14 heavy (non-hydrogen) atoms. The topological polar surface area (TPSA) is 0 Å². The number of hydrogen-bond donors (Lipinski definition) is 0.